The SMILES string of the molecule is CN(Cc1nc(-c2ccc3[nH]ccc3n2)no1)CC(C)(C)C. The summed E-state index contributed by atoms with van der Waals surface area (Å²) < 4.78 is 5.35. The first-order valence-corrected chi connectivity index (χ1v) is 7.36. The Kier molecular flexibility index (Phi) is 3.70. The van der Waals surface area contributed by atoms with Crippen LogP contribution in [0.5, 0.6) is 0 Å². The third-order valence-electron chi connectivity index (χ3n) is 3.25. The number of rotatable bonds is 4. The summed E-state index contributed by atoms with van der Waals surface area (Å²) in [5, 5.41) is 4.04. The molecule has 6 heteroatoms. The fourth-order valence-corrected chi connectivity index (χ4v) is 2.58. The van der Waals surface area contributed by atoms with Gasteiger partial charge in [-0.3, -0.25) is 4.90 Å². The molecule has 3 heterocycles. The van der Waals surface area contributed by atoms with Crippen molar-refractivity contribution in [2.45, 2.75) is 27.3 Å². The van der Waals surface area contributed by atoms with Gasteiger partial charge in [-0.25, -0.2) is 4.98 Å². The smallest absolute Gasteiger partial charge is 0.241 e. The summed E-state index contributed by atoms with van der Waals surface area (Å²) >= 11 is 0. The molecule has 0 radical (unpaired) electrons. The maximum absolute atomic E-state index is 5.35. The Morgan fingerprint density at radius 2 is 2.00 bits per heavy atom. The second-order valence-electron chi connectivity index (χ2n) is 6.85. The van der Waals surface area contributed by atoms with Crippen LogP contribution in [0.1, 0.15) is 26.7 Å². The average Bonchev–Trinajstić information content (AvgIpc) is 3.03. The summed E-state index contributed by atoms with van der Waals surface area (Å²) in [5.41, 5.74) is 2.85. The quantitative estimate of drug-likeness (QED) is 0.801. The van der Waals surface area contributed by atoms with Gasteiger partial charge < -0.3 is 9.51 Å². The van der Waals surface area contributed by atoms with Gasteiger partial charge in [0.1, 0.15) is 5.69 Å². The van der Waals surface area contributed by atoms with E-state index in [4.69, 9.17) is 4.52 Å². The molecule has 22 heavy (non-hydrogen) atoms. The standard InChI is InChI=1S/C16H21N5O/c1-16(2,3)10-21(4)9-14-19-15(20-22-14)13-6-5-11-12(18-13)7-8-17-11/h5-8,17H,9-10H2,1-4H3. The molecule has 3 aromatic heterocycles. The molecule has 6 nitrogen and oxygen atoms in total. The van der Waals surface area contributed by atoms with Gasteiger partial charge in [-0.2, -0.15) is 4.98 Å². The number of fused-ring (bicyclic) bond motifs is 1. The van der Waals surface area contributed by atoms with Crippen molar-refractivity contribution in [1.82, 2.24) is 25.0 Å². The number of pyridine rings is 1. The zero-order valence-electron chi connectivity index (χ0n) is 13.4. The van der Waals surface area contributed by atoms with Gasteiger partial charge in [0.25, 0.3) is 0 Å². The summed E-state index contributed by atoms with van der Waals surface area (Å²) in [6.45, 7) is 8.21. The second kappa shape index (κ2) is 5.53. The van der Waals surface area contributed by atoms with Crippen molar-refractivity contribution < 1.29 is 4.52 Å². The lowest BCUT2D eigenvalue weighted by atomic mass is 9.96. The van der Waals surface area contributed by atoms with Crippen molar-refractivity contribution in [1.29, 1.82) is 0 Å². The molecular formula is C16H21N5O. The van der Waals surface area contributed by atoms with Crippen LogP contribution in [0.4, 0.5) is 0 Å². The molecule has 0 bridgehead atoms. The van der Waals surface area contributed by atoms with Crippen LogP contribution in [0, 0.1) is 5.41 Å². The van der Waals surface area contributed by atoms with Gasteiger partial charge in [0.2, 0.25) is 11.7 Å². The van der Waals surface area contributed by atoms with Gasteiger partial charge in [0.05, 0.1) is 17.6 Å². The molecule has 3 rings (SSSR count). The van der Waals surface area contributed by atoms with E-state index < -0.39 is 0 Å². The molecule has 0 saturated carbocycles. The van der Waals surface area contributed by atoms with Crippen molar-refractivity contribution in [2.24, 2.45) is 5.41 Å². The summed E-state index contributed by atoms with van der Waals surface area (Å²) in [7, 11) is 2.05. The van der Waals surface area contributed by atoms with Gasteiger partial charge in [0.15, 0.2) is 0 Å². The average molecular weight is 299 g/mol. The molecule has 0 spiro atoms. The van der Waals surface area contributed by atoms with Crippen LogP contribution in [-0.4, -0.2) is 38.6 Å². The lowest BCUT2D eigenvalue weighted by molar-refractivity contribution is 0.198. The number of aromatic nitrogens is 4. The highest BCUT2D eigenvalue weighted by molar-refractivity contribution is 5.77. The lowest BCUT2D eigenvalue weighted by Crippen LogP contribution is -2.28. The molecule has 3 aromatic rings. The van der Waals surface area contributed by atoms with E-state index in [0.29, 0.717) is 18.3 Å². The predicted octanol–water partition coefficient (Wildman–Crippen LogP) is 3.09. The fourth-order valence-electron chi connectivity index (χ4n) is 2.58. The van der Waals surface area contributed by atoms with Crippen molar-refractivity contribution in [3.8, 4) is 11.5 Å². The van der Waals surface area contributed by atoms with Crippen LogP contribution in [0.15, 0.2) is 28.9 Å². The number of hydrogen-bond donors (Lipinski definition) is 1. The maximum atomic E-state index is 5.35. The Bertz CT molecular complexity index is 768. The summed E-state index contributed by atoms with van der Waals surface area (Å²) in [6.07, 6.45) is 1.87. The largest absolute Gasteiger partial charge is 0.360 e. The minimum absolute atomic E-state index is 0.235. The van der Waals surface area contributed by atoms with Crippen molar-refractivity contribution in [3.05, 3.63) is 30.3 Å². The summed E-state index contributed by atoms with van der Waals surface area (Å²) in [4.78, 5) is 14.3. The van der Waals surface area contributed by atoms with Gasteiger partial charge in [-0.05, 0) is 30.7 Å². The molecule has 116 valence electrons. The fraction of sp³-hybridized carbons (Fsp3) is 0.438. The highest BCUT2D eigenvalue weighted by atomic mass is 16.5. The first-order valence-electron chi connectivity index (χ1n) is 7.36. The Morgan fingerprint density at radius 1 is 1.18 bits per heavy atom. The first kappa shape index (κ1) is 14.7. The molecule has 0 aliphatic heterocycles. The molecule has 0 aliphatic carbocycles. The lowest BCUT2D eigenvalue weighted by Gasteiger charge is -2.25. The number of aromatic amines is 1. The van der Waals surface area contributed by atoms with E-state index in [9.17, 15) is 0 Å². The normalized spacial score (nSPS) is 12.4. The molecule has 0 atom stereocenters. The van der Waals surface area contributed by atoms with E-state index in [-0.39, 0.29) is 5.41 Å². The molecule has 0 fully saturated rings. The summed E-state index contributed by atoms with van der Waals surface area (Å²) in [5.74, 6) is 1.14. The van der Waals surface area contributed by atoms with Crippen LogP contribution in [0.3, 0.4) is 0 Å². The Balaban J connectivity index is 1.75. The molecule has 0 saturated heterocycles. The topological polar surface area (TPSA) is 70.8 Å². The third-order valence-corrected chi connectivity index (χ3v) is 3.25. The van der Waals surface area contributed by atoms with Gasteiger partial charge in [0, 0.05) is 12.7 Å². The highest BCUT2D eigenvalue weighted by Gasteiger charge is 2.17. The molecule has 0 aromatic carbocycles. The van der Waals surface area contributed by atoms with Crippen molar-refractivity contribution in [3.63, 3.8) is 0 Å². The van der Waals surface area contributed by atoms with E-state index in [2.05, 4.69) is 52.8 Å². The molecule has 1 N–H and O–H groups in total. The molecule has 0 amide bonds. The van der Waals surface area contributed by atoms with Crippen molar-refractivity contribution in [2.75, 3.05) is 13.6 Å². The molecular weight excluding hydrogens is 278 g/mol. The van der Waals surface area contributed by atoms with Gasteiger partial charge >= 0.3 is 0 Å². The van der Waals surface area contributed by atoms with Crippen LogP contribution >= 0.6 is 0 Å². The van der Waals surface area contributed by atoms with Gasteiger partial charge in [-0.1, -0.05) is 25.9 Å². The van der Waals surface area contributed by atoms with E-state index >= 15 is 0 Å². The highest BCUT2D eigenvalue weighted by Crippen LogP contribution is 2.19. The summed E-state index contributed by atoms with van der Waals surface area (Å²) in [6, 6.07) is 5.79. The van der Waals surface area contributed by atoms with Crippen LogP contribution < -0.4 is 0 Å². The second-order valence-corrected chi connectivity index (χ2v) is 6.85. The Hall–Kier alpha value is -2.21. The Morgan fingerprint density at radius 3 is 2.77 bits per heavy atom. The maximum Gasteiger partial charge on any atom is 0.241 e. The van der Waals surface area contributed by atoms with E-state index in [0.717, 1.165) is 23.3 Å². The number of H-pyrrole nitrogens is 1. The number of nitrogens with one attached hydrogen (secondary N) is 1. The van der Waals surface area contributed by atoms with Gasteiger partial charge in [-0.15, -0.1) is 0 Å². The van der Waals surface area contributed by atoms with E-state index in [1.165, 1.54) is 0 Å². The predicted molar refractivity (Wildman–Crippen MR) is 85.2 cm³/mol. The van der Waals surface area contributed by atoms with E-state index in [1.54, 1.807) is 0 Å². The van der Waals surface area contributed by atoms with Crippen LogP contribution in [-0.2, 0) is 6.54 Å². The minimum Gasteiger partial charge on any atom is -0.360 e. The number of hydrogen-bond acceptors (Lipinski definition) is 5. The Labute approximate surface area is 129 Å². The van der Waals surface area contributed by atoms with Crippen LogP contribution in [0.2, 0.25) is 0 Å². The first-order chi connectivity index (χ1) is 10.4. The zero-order chi connectivity index (χ0) is 15.7. The van der Waals surface area contributed by atoms with Crippen LogP contribution in [0.25, 0.3) is 22.6 Å². The molecule has 0 aliphatic rings. The third kappa shape index (κ3) is 3.33. The van der Waals surface area contributed by atoms with Crippen molar-refractivity contribution >= 4 is 11.0 Å². The number of nitrogens with zero attached hydrogens (tertiary/aromatic N) is 4. The monoisotopic (exact) mass is 299 g/mol. The zero-order valence-corrected chi connectivity index (χ0v) is 13.4. The molecule has 0 unspecified atom stereocenters. The van der Waals surface area contributed by atoms with E-state index in [1.807, 2.05) is 24.4 Å². The minimum atomic E-state index is 0.235.